The number of fused-ring (bicyclic) bond motifs is 1. The van der Waals surface area contributed by atoms with Gasteiger partial charge in [-0.05, 0) is 56.2 Å². The van der Waals surface area contributed by atoms with E-state index in [1.54, 1.807) is 36.4 Å². The Bertz CT molecular complexity index is 1150. The van der Waals surface area contributed by atoms with Crippen LogP contribution in [0.4, 0.5) is 5.69 Å². The number of methoxy groups -OCH3 is 1. The second-order valence-electron chi connectivity index (χ2n) is 8.15. The maximum Gasteiger partial charge on any atom is 0.348 e. The number of esters is 1. The van der Waals surface area contributed by atoms with Crippen LogP contribution in [0.1, 0.15) is 19.8 Å². The van der Waals surface area contributed by atoms with Gasteiger partial charge in [-0.1, -0.05) is 12.1 Å². The standard InChI is InChI=1S/C24H28N2O7S/c1-3-32-18-10-12-19(13-11-18)34(29,30)25-14-6-7-17(15-25)23(27)26-16-22(24(28)31-2)33-21-9-5-4-8-20(21)26/h4-5,8-13,17,22H,3,6-7,14-16H2,1-2H3. The number of benzene rings is 2. The fraction of sp³-hybridized carbons (Fsp3) is 0.417. The van der Waals surface area contributed by atoms with Crippen molar-refractivity contribution in [1.29, 1.82) is 0 Å². The van der Waals surface area contributed by atoms with Crippen molar-refractivity contribution < 1.29 is 32.2 Å². The molecular formula is C24H28N2O7S. The average molecular weight is 489 g/mol. The molecule has 1 amide bonds. The van der Waals surface area contributed by atoms with Gasteiger partial charge < -0.3 is 19.1 Å². The molecule has 0 aliphatic carbocycles. The van der Waals surface area contributed by atoms with E-state index in [1.165, 1.54) is 28.4 Å². The molecule has 0 bridgehead atoms. The van der Waals surface area contributed by atoms with Crippen LogP contribution in [0.2, 0.25) is 0 Å². The average Bonchev–Trinajstić information content (AvgIpc) is 2.87. The maximum absolute atomic E-state index is 13.6. The molecule has 0 N–H and O–H groups in total. The predicted octanol–water partition coefficient (Wildman–Crippen LogP) is 2.45. The number of sulfonamides is 1. The van der Waals surface area contributed by atoms with Gasteiger partial charge in [-0.15, -0.1) is 0 Å². The van der Waals surface area contributed by atoms with Gasteiger partial charge in [0, 0.05) is 13.1 Å². The Kier molecular flexibility index (Phi) is 7.08. The molecule has 0 spiro atoms. The molecule has 0 saturated carbocycles. The van der Waals surface area contributed by atoms with E-state index in [1.807, 2.05) is 6.92 Å². The lowest BCUT2D eigenvalue weighted by molar-refractivity contribution is -0.148. The number of carbonyl (C=O) groups excluding carboxylic acids is 2. The molecule has 0 aromatic heterocycles. The number of nitrogens with zero attached hydrogens (tertiary/aromatic N) is 2. The number of ether oxygens (including phenoxy) is 3. The van der Waals surface area contributed by atoms with Gasteiger partial charge in [0.1, 0.15) is 11.5 Å². The molecule has 4 rings (SSSR count). The molecular weight excluding hydrogens is 460 g/mol. The van der Waals surface area contributed by atoms with E-state index in [0.29, 0.717) is 43.2 Å². The maximum atomic E-state index is 13.6. The number of rotatable bonds is 6. The number of piperidine rings is 1. The van der Waals surface area contributed by atoms with Gasteiger partial charge in [0.15, 0.2) is 0 Å². The number of carbonyl (C=O) groups is 2. The van der Waals surface area contributed by atoms with Crippen molar-refractivity contribution in [2.24, 2.45) is 5.92 Å². The molecule has 2 aliphatic rings. The summed E-state index contributed by atoms with van der Waals surface area (Å²) in [5.74, 6) is -0.353. The van der Waals surface area contributed by atoms with Gasteiger partial charge in [0.05, 0.1) is 36.8 Å². The van der Waals surface area contributed by atoms with Gasteiger partial charge in [-0.3, -0.25) is 4.79 Å². The molecule has 2 aliphatic heterocycles. The van der Waals surface area contributed by atoms with Crippen molar-refractivity contribution in [1.82, 2.24) is 4.31 Å². The Morgan fingerprint density at radius 2 is 1.82 bits per heavy atom. The van der Waals surface area contributed by atoms with Crippen LogP contribution >= 0.6 is 0 Å². The molecule has 1 saturated heterocycles. The minimum Gasteiger partial charge on any atom is -0.494 e. The quantitative estimate of drug-likeness (QED) is 0.576. The zero-order valence-electron chi connectivity index (χ0n) is 19.2. The normalized spacial score (nSPS) is 20.7. The lowest BCUT2D eigenvalue weighted by Gasteiger charge is -2.38. The van der Waals surface area contributed by atoms with Gasteiger partial charge in [-0.2, -0.15) is 4.31 Å². The molecule has 0 radical (unpaired) electrons. The SMILES string of the molecule is CCOc1ccc(S(=O)(=O)N2CCCC(C(=O)N3CC(C(=O)OC)Oc4ccccc43)C2)cc1. The first-order chi connectivity index (χ1) is 16.3. The Morgan fingerprint density at radius 1 is 1.09 bits per heavy atom. The largest absolute Gasteiger partial charge is 0.494 e. The molecule has 9 nitrogen and oxygen atoms in total. The summed E-state index contributed by atoms with van der Waals surface area (Å²) in [5.41, 5.74) is 0.555. The van der Waals surface area contributed by atoms with Crippen molar-refractivity contribution in [3.05, 3.63) is 48.5 Å². The minimum atomic E-state index is -3.77. The summed E-state index contributed by atoms with van der Waals surface area (Å²) in [6.07, 6.45) is 0.159. The number of amides is 1. The summed E-state index contributed by atoms with van der Waals surface area (Å²) in [4.78, 5) is 27.4. The van der Waals surface area contributed by atoms with Crippen molar-refractivity contribution in [2.75, 3.05) is 38.3 Å². The van der Waals surface area contributed by atoms with Gasteiger partial charge in [0.2, 0.25) is 22.0 Å². The predicted molar refractivity (Wildman–Crippen MR) is 124 cm³/mol. The summed E-state index contributed by atoms with van der Waals surface area (Å²) in [6.45, 7) is 2.75. The lowest BCUT2D eigenvalue weighted by Crippen LogP contribution is -2.52. The molecule has 2 atom stereocenters. The van der Waals surface area contributed by atoms with Crippen LogP contribution < -0.4 is 14.4 Å². The molecule has 1 fully saturated rings. The third kappa shape index (κ3) is 4.74. The van der Waals surface area contributed by atoms with E-state index in [-0.39, 0.29) is 23.9 Å². The highest BCUT2D eigenvalue weighted by Crippen LogP contribution is 2.36. The summed E-state index contributed by atoms with van der Waals surface area (Å²) in [5, 5.41) is 0. The third-order valence-corrected chi connectivity index (χ3v) is 7.89. The van der Waals surface area contributed by atoms with Crippen molar-refractivity contribution in [3.8, 4) is 11.5 Å². The van der Waals surface area contributed by atoms with E-state index >= 15 is 0 Å². The monoisotopic (exact) mass is 488 g/mol. The van der Waals surface area contributed by atoms with Crippen LogP contribution in [0.5, 0.6) is 11.5 Å². The highest BCUT2D eigenvalue weighted by molar-refractivity contribution is 7.89. The minimum absolute atomic E-state index is 0.00462. The summed E-state index contributed by atoms with van der Waals surface area (Å²) in [6, 6.07) is 13.3. The van der Waals surface area contributed by atoms with Crippen molar-refractivity contribution in [2.45, 2.75) is 30.8 Å². The van der Waals surface area contributed by atoms with Gasteiger partial charge in [0.25, 0.3) is 0 Å². The molecule has 182 valence electrons. The zero-order chi connectivity index (χ0) is 24.3. The second-order valence-corrected chi connectivity index (χ2v) is 10.1. The first kappa shape index (κ1) is 24.0. The summed E-state index contributed by atoms with van der Waals surface area (Å²) in [7, 11) is -2.50. The highest BCUT2D eigenvalue weighted by atomic mass is 32.2. The van der Waals surface area contributed by atoms with Crippen LogP contribution in [-0.4, -0.2) is 64.1 Å². The Hall–Kier alpha value is -3.11. The Balaban J connectivity index is 1.54. The fourth-order valence-electron chi connectivity index (χ4n) is 4.30. The molecule has 2 unspecified atom stereocenters. The number of hydrogen-bond acceptors (Lipinski definition) is 7. The van der Waals surface area contributed by atoms with E-state index in [9.17, 15) is 18.0 Å². The first-order valence-electron chi connectivity index (χ1n) is 11.2. The van der Waals surface area contributed by atoms with E-state index < -0.39 is 28.0 Å². The Morgan fingerprint density at radius 3 is 2.53 bits per heavy atom. The molecule has 2 aromatic rings. The van der Waals surface area contributed by atoms with Crippen LogP contribution in [-0.2, 0) is 24.3 Å². The van der Waals surface area contributed by atoms with E-state index in [0.717, 1.165) is 0 Å². The molecule has 2 heterocycles. The third-order valence-electron chi connectivity index (χ3n) is 6.01. The van der Waals surface area contributed by atoms with E-state index in [4.69, 9.17) is 14.2 Å². The van der Waals surface area contributed by atoms with Gasteiger partial charge in [-0.25, -0.2) is 13.2 Å². The topological polar surface area (TPSA) is 102 Å². The summed E-state index contributed by atoms with van der Waals surface area (Å²) < 4.78 is 43.8. The number of anilines is 1. The van der Waals surface area contributed by atoms with Gasteiger partial charge >= 0.3 is 5.97 Å². The number of hydrogen-bond donors (Lipinski definition) is 0. The van der Waals surface area contributed by atoms with Crippen LogP contribution in [0.25, 0.3) is 0 Å². The van der Waals surface area contributed by atoms with Crippen molar-refractivity contribution >= 4 is 27.6 Å². The lowest BCUT2D eigenvalue weighted by atomic mass is 9.97. The fourth-order valence-corrected chi connectivity index (χ4v) is 5.83. The first-order valence-corrected chi connectivity index (χ1v) is 12.7. The molecule has 10 heteroatoms. The van der Waals surface area contributed by atoms with Crippen molar-refractivity contribution in [3.63, 3.8) is 0 Å². The zero-order valence-corrected chi connectivity index (χ0v) is 20.0. The van der Waals surface area contributed by atoms with Crippen LogP contribution in [0.15, 0.2) is 53.4 Å². The molecule has 34 heavy (non-hydrogen) atoms. The Labute approximate surface area is 199 Å². The summed E-state index contributed by atoms with van der Waals surface area (Å²) >= 11 is 0. The second kappa shape index (κ2) is 10.0. The van der Waals surface area contributed by atoms with Crippen LogP contribution in [0.3, 0.4) is 0 Å². The number of para-hydroxylation sites is 2. The molecule has 2 aromatic carbocycles. The smallest absolute Gasteiger partial charge is 0.348 e. The van der Waals surface area contributed by atoms with Crippen LogP contribution in [0, 0.1) is 5.92 Å². The highest BCUT2D eigenvalue weighted by Gasteiger charge is 2.40. The van der Waals surface area contributed by atoms with E-state index in [2.05, 4.69) is 0 Å².